The lowest BCUT2D eigenvalue weighted by molar-refractivity contribution is 0.621. The molecule has 90 valence electrons. The van der Waals surface area contributed by atoms with Gasteiger partial charge in [-0.3, -0.25) is 0 Å². The Morgan fingerprint density at radius 3 is 2.89 bits per heavy atom. The molecule has 0 fully saturated rings. The Balaban J connectivity index is 2.35. The van der Waals surface area contributed by atoms with Gasteiger partial charge in [0.15, 0.2) is 5.82 Å². The van der Waals surface area contributed by atoms with Crippen molar-refractivity contribution in [3.63, 3.8) is 0 Å². The van der Waals surface area contributed by atoms with Crippen LogP contribution < -0.4 is 11.1 Å². The summed E-state index contributed by atoms with van der Waals surface area (Å²) < 4.78 is 13.8. The molecule has 1 aromatic heterocycles. The van der Waals surface area contributed by atoms with Gasteiger partial charge in [0.1, 0.15) is 11.9 Å². The number of nitrogens with one attached hydrogen (secondary N) is 1. The van der Waals surface area contributed by atoms with Crippen LogP contribution in [0.1, 0.15) is 5.56 Å². The van der Waals surface area contributed by atoms with E-state index in [0.29, 0.717) is 26.3 Å². The van der Waals surface area contributed by atoms with Crippen molar-refractivity contribution in [2.45, 2.75) is 0 Å². The van der Waals surface area contributed by atoms with Crippen LogP contribution in [0, 0.1) is 20.7 Å². The summed E-state index contributed by atoms with van der Waals surface area (Å²) in [5.41, 5.74) is 7.07. The van der Waals surface area contributed by atoms with Crippen molar-refractivity contribution in [3.8, 4) is 6.07 Å². The Morgan fingerprint density at radius 1 is 1.44 bits per heavy atom. The molecule has 18 heavy (non-hydrogen) atoms. The molecule has 0 aliphatic rings. The van der Waals surface area contributed by atoms with Crippen molar-refractivity contribution in [2.75, 3.05) is 11.1 Å². The van der Waals surface area contributed by atoms with E-state index in [1.807, 2.05) is 28.7 Å². The van der Waals surface area contributed by atoms with Gasteiger partial charge < -0.3 is 11.1 Å². The highest BCUT2D eigenvalue weighted by Crippen LogP contribution is 2.26. The number of rotatable bonds is 2. The fourth-order valence-electron chi connectivity index (χ4n) is 1.38. The Kier molecular flexibility index (Phi) is 3.62. The third-order valence-corrected chi connectivity index (χ3v) is 3.35. The van der Waals surface area contributed by atoms with Gasteiger partial charge in [0.25, 0.3) is 0 Å². The number of nitrogens with two attached hydrogens (primary N) is 1. The predicted octanol–water partition coefficient (Wildman–Crippen LogP) is 3.02. The molecule has 0 unspecified atom stereocenters. The highest BCUT2D eigenvalue weighted by molar-refractivity contribution is 14.1. The highest BCUT2D eigenvalue weighted by atomic mass is 127. The van der Waals surface area contributed by atoms with E-state index in [1.54, 1.807) is 12.1 Å². The van der Waals surface area contributed by atoms with Crippen molar-refractivity contribution >= 4 is 39.8 Å². The van der Waals surface area contributed by atoms with Crippen molar-refractivity contribution in [1.29, 1.82) is 5.26 Å². The second kappa shape index (κ2) is 5.18. The minimum absolute atomic E-state index is 0.312. The largest absolute Gasteiger partial charge is 0.396 e. The number of halogens is 2. The normalized spacial score (nSPS) is 9.83. The van der Waals surface area contributed by atoms with Gasteiger partial charge in [0, 0.05) is 6.20 Å². The molecule has 0 amide bonds. The van der Waals surface area contributed by atoms with Crippen LogP contribution in [0.15, 0.2) is 30.5 Å². The number of nitrogen functional groups attached to an aromatic ring is 1. The minimum atomic E-state index is -0.312. The Hall–Kier alpha value is -1.88. The van der Waals surface area contributed by atoms with Gasteiger partial charge in [-0.2, -0.15) is 5.26 Å². The number of hydrogen-bond acceptors (Lipinski definition) is 4. The van der Waals surface area contributed by atoms with E-state index in [9.17, 15) is 4.39 Å². The number of nitriles is 1. The molecular formula is C12H8FIN4. The second-order valence-corrected chi connectivity index (χ2v) is 4.58. The fraction of sp³-hybridized carbons (Fsp3) is 0. The summed E-state index contributed by atoms with van der Waals surface area (Å²) in [6.45, 7) is 0. The second-order valence-electron chi connectivity index (χ2n) is 3.50. The zero-order valence-corrected chi connectivity index (χ0v) is 11.3. The van der Waals surface area contributed by atoms with Crippen molar-refractivity contribution in [1.82, 2.24) is 4.98 Å². The summed E-state index contributed by atoms with van der Waals surface area (Å²) in [7, 11) is 0. The molecule has 0 radical (unpaired) electrons. The first kappa shape index (κ1) is 12.6. The van der Waals surface area contributed by atoms with Crippen LogP contribution in [0.4, 0.5) is 21.6 Å². The van der Waals surface area contributed by atoms with Crippen molar-refractivity contribution < 1.29 is 4.39 Å². The molecule has 0 saturated carbocycles. The summed E-state index contributed by atoms with van der Waals surface area (Å²) in [6, 6.07) is 8.16. The summed E-state index contributed by atoms with van der Waals surface area (Å²) >= 11 is 1.90. The van der Waals surface area contributed by atoms with Gasteiger partial charge >= 0.3 is 0 Å². The summed E-state index contributed by atoms with van der Waals surface area (Å²) in [6.07, 6.45) is 1.41. The van der Waals surface area contributed by atoms with Crippen LogP contribution in [-0.4, -0.2) is 4.98 Å². The molecule has 0 aliphatic heterocycles. The Labute approximate surface area is 117 Å². The van der Waals surface area contributed by atoms with E-state index in [1.165, 1.54) is 18.3 Å². The number of aromatic nitrogens is 1. The van der Waals surface area contributed by atoms with Crippen molar-refractivity contribution in [3.05, 3.63) is 45.4 Å². The lowest BCUT2D eigenvalue weighted by Gasteiger charge is -2.10. The maximum Gasteiger partial charge on any atom is 0.153 e. The topological polar surface area (TPSA) is 74.7 Å². The number of anilines is 3. The smallest absolute Gasteiger partial charge is 0.153 e. The van der Waals surface area contributed by atoms with E-state index in [0.717, 1.165) is 0 Å². The molecule has 6 heteroatoms. The number of benzene rings is 1. The molecule has 3 N–H and O–H groups in total. The van der Waals surface area contributed by atoms with Gasteiger partial charge in [-0.05, 0) is 40.8 Å². The number of nitrogens with zero attached hydrogens (tertiary/aromatic N) is 2. The zero-order chi connectivity index (χ0) is 13.1. The molecule has 0 atom stereocenters. The SMILES string of the molecule is N#Cc1cnc(Nc2cccc(F)c2I)c(N)c1. The third-order valence-electron chi connectivity index (χ3n) is 2.25. The maximum absolute atomic E-state index is 13.4. The molecule has 1 heterocycles. The maximum atomic E-state index is 13.4. The van der Waals surface area contributed by atoms with Gasteiger partial charge in [-0.15, -0.1) is 0 Å². The Bertz CT molecular complexity index is 636. The fourth-order valence-corrected chi connectivity index (χ4v) is 1.87. The molecule has 2 aromatic rings. The van der Waals surface area contributed by atoms with Crippen LogP contribution in [0.3, 0.4) is 0 Å². The third kappa shape index (κ3) is 2.51. The van der Waals surface area contributed by atoms with Crippen LogP contribution in [-0.2, 0) is 0 Å². The molecule has 0 spiro atoms. The van der Waals surface area contributed by atoms with E-state index >= 15 is 0 Å². The lowest BCUT2D eigenvalue weighted by Crippen LogP contribution is -2.01. The van der Waals surface area contributed by atoms with E-state index < -0.39 is 0 Å². The van der Waals surface area contributed by atoms with E-state index in [-0.39, 0.29) is 5.82 Å². The first-order chi connectivity index (χ1) is 8.61. The quantitative estimate of drug-likeness (QED) is 0.813. The van der Waals surface area contributed by atoms with E-state index in [2.05, 4.69) is 10.3 Å². The van der Waals surface area contributed by atoms with Gasteiger partial charge in [0.2, 0.25) is 0 Å². The average molecular weight is 354 g/mol. The lowest BCUT2D eigenvalue weighted by atomic mass is 10.2. The van der Waals surface area contributed by atoms with Gasteiger partial charge in [-0.1, -0.05) is 6.07 Å². The standard InChI is InChI=1S/C12H8FIN4/c13-8-2-1-3-10(11(8)14)18-12-9(16)4-7(5-15)6-17-12/h1-4,6H,16H2,(H,17,18). The average Bonchev–Trinajstić information content (AvgIpc) is 2.37. The predicted molar refractivity (Wildman–Crippen MR) is 75.8 cm³/mol. The van der Waals surface area contributed by atoms with Crippen LogP contribution >= 0.6 is 22.6 Å². The molecule has 4 nitrogen and oxygen atoms in total. The van der Waals surface area contributed by atoms with E-state index in [4.69, 9.17) is 11.0 Å². The molecular weight excluding hydrogens is 346 g/mol. The molecule has 0 saturated heterocycles. The summed E-state index contributed by atoms with van der Waals surface area (Å²) in [5, 5.41) is 11.6. The number of hydrogen-bond donors (Lipinski definition) is 2. The first-order valence-electron chi connectivity index (χ1n) is 4.98. The zero-order valence-electron chi connectivity index (χ0n) is 9.11. The van der Waals surface area contributed by atoms with Gasteiger partial charge in [-0.25, -0.2) is 9.37 Å². The first-order valence-corrected chi connectivity index (χ1v) is 6.06. The highest BCUT2D eigenvalue weighted by Gasteiger charge is 2.08. The number of pyridine rings is 1. The van der Waals surface area contributed by atoms with Crippen LogP contribution in [0.5, 0.6) is 0 Å². The summed E-state index contributed by atoms with van der Waals surface area (Å²) in [5.74, 6) is 0.0883. The van der Waals surface area contributed by atoms with Crippen LogP contribution in [0.25, 0.3) is 0 Å². The molecule has 1 aromatic carbocycles. The molecule has 2 rings (SSSR count). The summed E-state index contributed by atoms with van der Waals surface area (Å²) in [4.78, 5) is 4.03. The molecule has 0 aliphatic carbocycles. The minimum Gasteiger partial charge on any atom is -0.396 e. The van der Waals surface area contributed by atoms with Crippen LogP contribution in [0.2, 0.25) is 0 Å². The Morgan fingerprint density at radius 2 is 2.22 bits per heavy atom. The van der Waals surface area contributed by atoms with Crippen molar-refractivity contribution in [2.24, 2.45) is 0 Å². The monoisotopic (exact) mass is 354 g/mol. The molecule has 0 bridgehead atoms. The van der Waals surface area contributed by atoms with Gasteiger partial charge in [0.05, 0.1) is 20.5 Å².